The predicted molar refractivity (Wildman–Crippen MR) is 120 cm³/mol. The van der Waals surface area contributed by atoms with Gasteiger partial charge in [0.1, 0.15) is 0 Å². The summed E-state index contributed by atoms with van der Waals surface area (Å²) in [5, 5.41) is 7.33. The summed E-state index contributed by atoms with van der Waals surface area (Å²) in [5.41, 5.74) is 0.180. The number of halogens is 1. The first-order chi connectivity index (χ1) is 12.1. The molecule has 2 saturated heterocycles. The van der Waals surface area contributed by atoms with Crippen molar-refractivity contribution in [2.24, 2.45) is 16.3 Å². The second-order valence-electron chi connectivity index (χ2n) is 8.01. The van der Waals surface area contributed by atoms with E-state index < -0.39 is 0 Å². The van der Waals surface area contributed by atoms with Gasteiger partial charge in [0.2, 0.25) is 0 Å². The summed E-state index contributed by atoms with van der Waals surface area (Å²) in [6.07, 6.45) is 2.87. The Morgan fingerprint density at radius 3 is 2.73 bits per heavy atom. The molecule has 3 atom stereocenters. The maximum atomic E-state index is 6.04. The molecule has 0 spiro atoms. The van der Waals surface area contributed by atoms with Crippen molar-refractivity contribution in [3.05, 3.63) is 17.5 Å². The van der Waals surface area contributed by atoms with Gasteiger partial charge in [-0.3, -0.25) is 4.99 Å². The van der Waals surface area contributed by atoms with Crippen LogP contribution in [0.5, 0.6) is 0 Å². The van der Waals surface area contributed by atoms with Gasteiger partial charge in [0.05, 0.1) is 11.1 Å². The number of piperazine rings is 1. The van der Waals surface area contributed by atoms with Gasteiger partial charge in [0.15, 0.2) is 5.96 Å². The van der Waals surface area contributed by atoms with Crippen LogP contribution in [0.3, 0.4) is 0 Å². The van der Waals surface area contributed by atoms with E-state index in [1.54, 1.807) is 0 Å². The number of thiophene rings is 1. The standard InChI is InChI=1S/C19H30N4OS.HI/c1-19(2)16(14-6-4-12-24-17(14)19)21-18(20-3)23-10-8-22(9-11-23)15-7-5-13-25-15;/h5,7,13-14,16-17H,4,6,8-12H2,1-3H3,(H,20,21);1H. The SMILES string of the molecule is CN=C(NC1C2CCCOC2C1(C)C)N1CCN(c2cccs2)CC1.I. The third kappa shape index (κ3) is 3.58. The molecule has 0 amide bonds. The van der Waals surface area contributed by atoms with Crippen molar-refractivity contribution in [1.82, 2.24) is 10.2 Å². The highest BCUT2D eigenvalue weighted by molar-refractivity contribution is 14.0. The summed E-state index contributed by atoms with van der Waals surface area (Å²) in [6.45, 7) is 9.76. The van der Waals surface area contributed by atoms with Crippen LogP contribution in [0.4, 0.5) is 5.00 Å². The lowest BCUT2D eigenvalue weighted by Crippen LogP contribution is -2.71. The number of nitrogens with one attached hydrogen (secondary N) is 1. The Hall–Kier alpha value is -0.540. The Balaban J connectivity index is 0.00000196. The second-order valence-corrected chi connectivity index (χ2v) is 8.94. The molecular weight excluding hydrogens is 459 g/mol. The summed E-state index contributed by atoms with van der Waals surface area (Å²) in [7, 11) is 1.91. The van der Waals surface area contributed by atoms with Gasteiger partial charge in [-0.2, -0.15) is 0 Å². The molecule has 1 N–H and O–H groups in total. The van der Waals surface area contributed by atoms with Crippen molar-refractivity contribution >= 4 is 46.3 Å². The smallest absolute Gasteiger partial charge is 0.194 e. The highest BCUT2D eigenvalue weighted by Crippen LogP contribution is 2.51. The van der Waals surface area contributed by atoms with E-state index in [1.807, 2.05) is 18.4 Å². The number of fused-ring (bicyclic) bond motifs is 1. The van der Waals surface area contributed by atoms with Crippen LogP contribution < -0.4 is 10.2 Å². The highest BCUT2D eigenvalue weighted by atomic mass is 127. The van der Waals surface area contributed by atoms with Crippen molar-refractivity contribution in [2.75, 3.05) is 44.7 Å². The molecule has 4 rings (SSSR count). The normalized spacial score (nSPS) is 30.9. The first kappa shape index (κ1) is 20.2. The van der Waals surface area contributed by atoms with E-state index >= 15 is 0 Å². The minimum absolute atomic E-state index is 0. The molecule has 1 saturated carbocycles. The van der Waals surface area contributed by atoms with Crippen molar-refractivity contribution in [2.45, 2.75) is 38.8 Å². The molecule has 0 aromatic carbocycles. The summed E-state index contributed by atoms with van der Waals surface area (Å²) in [4.78, 5) is 9.49. The Labute approximate surface area is 178 Å². The lowest BCUT2D eigenvalue weighted by Gasteiger charge is -2.60. The van der Waals surface area contributed by atoms with Gasteiger partial charge in [-0.1, -0.05) is 13.8 Å². The van der Waals surface area contributed by atoms with Gasteiger partial charge < -0.3 is 19.9 Å². The fourth-order valence-corrected chi connectivity index (χ4v) is 5.63. The van der Waals surface area contributed by atoms with E-state index in [4.69, 9.17) is 4.74 Å². The number of hydrogen-bond donors (Lipinski definition) is 1. The van der Waals surface area contributed by atoms with Crippen molar-refractivity contribution in [3.63, 3.8) is 0 Å². The maximum Gasteiger partial charge on any atom is 0.194 e. The zero-order valence-corrected chi connectivity index (χ0v) is 19.1. The van der Waals surface area contributed by atoms with Gasteiger partial charge in [-0.15, -0.1) is 35.3 Å². The molecular formula is C19H31IN4OS. The molecule has 3 heterocycles. The number of nitrogens with zero attached hydrogens (tertiary/aromatic N) is 3. The summed E-state index contributed by atoms with van der Waals surface area (Å²) >= 11 is 1.83. The molecule has 26 heavy (non-hydrogen) atoms. The molecule has 3 aliphatic rings. The van der Waals surface area contributed by atoms with Gasteiger partial charge in [-0.05, 0) is 30.4 Å². The van der Waals surface area contributed by atoms with Crippen molar-refractivity contribution < 1.29 is 4.74 Å². The van der Waals surface area contributed by atoms with Crippen LogP contribution in [0, 0.1) is 11.3 Å². The number of aliphatic imine (C=N–C) groups is 1. The fraction of sp³-hybridized carbons (Fsp3) is 0.737. The lowest BCUT2D eigenvalue weighted by molar-refractivity contribution is -0.188. The van der Waals surface area contributed by atoms with Crippen LogP contribution in [0.25, 0.3) is 0 Å². The zero-order valence-electron chi connectivity index (χ0n) is 16.0. The molecule has 7 heteroatoms. The minimum Gasteiger partial charge on any atom is -0.377 e. The second kappa shape index (κ2) is 8.22. The molecule has 0 bridgehead atoms. The lowest BCUT2D eigenvalue weighted by atomic mass is 9.55. The number of guanidine groups is 1. The number of rotatable bonds is 2. The Morgan fingerprint density at radius 1 is 1.31 bits per heavy atom. The monoisotopic (exact) mass is 490 g/mol. The van der Waals surface area contributed by atoms with E-state index in [1.165, 1.54) is 17.8 Å². The van der Waals surface area contributed by atoms with Crippen LogP contribution in [0.2, 0.25) is 0 Å². The van der Waals surface area contributed by atoms with Gasteiger partial charge in [0.25, 0.3) is 0 Å². The van der Waals surface area contributed by atoms with Crippen LogP contribution >= 0.6 is 35.3 Å². The van der Waals surface area contributed by atoms with E-state index in [-0.39, 0.29) is 29.4 Å². The van der Waals surface area contributed by atoms with E-state index in [9.17, 15) is 0 Å². The van der Waals surface area contributed by atoms with Crippen LogP contribution in [0.1, 0.15) is 26.7 Å². The van der Waals surface area contributed by atoms with Gasteiger partial charge >= 0.3 is 0 Å². The van der Waals surface area contributed by atoms with Gasteiger partial charge in [0, 0.05) is 57.2 Å². The van der Waals surface area contributed by atoms with Gasteiger partial charge in [-0.25, -0.2) is 0 Å². The quantitative estimate of drug-likeness (QED) is 0.393. The third-order valence-electron chi connectivity index (χ3n) is 6.22. The van der Waals surface area contributed by atoms with Crippen LogP contribution in [-0.2, 0) is 4.74 Å². The van der Waals surface area contributed by atoms with Crippen LogP contribution in [-0.4, -0.2) is 62.8 Å². The average molecular weight is 490 g/mol. The molecule has 3 fully saturated rings. The molecule has 0 radical (unpaired) electrons. The largest absolute Gasteiger partial charge is 0.377 e. The first-order valence-corrected chi connectivity index (χ1v) is 10.4. The number of hydrogen-bond acceptors (Lipinski definition) is 4. The average Bonchev–Trinajstić information content (AvgIpc) is 3.17. The molecule has 3 unspecified atom stereocenters. The third-order valence-corrected chi connectivity index (χ3v) is 7.15. The summed E-state index contributed by atoms with van der Waals surface area (Å²) in [6, 6.07) is 4.81. The van der Waals surface area contributed by atoms with E-state index in [0.717, 1.165) is 38.7 Å². The molecule has 1 aromatic rings. The number of ether oxygens (including phenoxy) is 1. The van der Waals surface area contributed by atoms with E-state index in [2.05, 4.69) is 51.5 Å². The van der Waals surface area contributed by atoms with Crippen molar-refractivity contribution in [1.29, 1.82) is 0 Å². The first-order valence-electron chi connectivity index (χ1n) is 9.49. The predicted octanol–water partition coefficient (Wildman–Crippen LogP) is 3.27. The Bertz CT molecular complexity index is 613. The maximum absolute atomic E-state index is 6.04. The summed E-state index contributed by atoms with van der Waals surface area (Å²) < 4.78 is 6.04. The molecule has 5 nitrogen and oxygen atoms in total. The molecule has 2 aliphatic heterocycles. The Kier molecular flexibility index (Phi) is 6.39. The minimum atomic E-state index is 0. The molecule has 1 aliphatic carbocycles. The summed E-state index contributed by atoms with van der Waals surface area (Å²) in [5.74, 6) is 1.70. The van der Waals surface area contributed by atoms with E-state index in [0.29, 0.717) is 18.1 Å². The highest BCUT2D eigenvalue weighted by Gasteiger charge is 2.58. The molecule has 1 aromatic heterocycles. The zero-order chi connectivity index (χ0) is 17.4. The topological polar surface area (TPSA) is 40.1 Å². The van der Waals surface area contributed by atoms with Crippen molar-refractivity contribution in [3.8, 4) is 0 Å². The Morgan fingerprint density at radius 2 is 2.08 bits per heavy atom. The fourth-order valence-electron chi connectivity index (χ4n) is 4.84. The number of anilines is 1. The molecule has 146 valence electrons. The van der Waals surface area contributed by atoms with Crippen LogP contribution in [0.15, 0.2) is 22.5 Å².